The monoisotopic (exact) mass is 265 g/mol. The van der Waals surface area contributed by atoms with Crippen LogP contribution in [0.3, 0.4) is 0 Å². The van der Waals surface area contributed by atoms with Crippen LogP contribution in [0.4, 0.5) is 5.82 Å². The first-order valence-corrected chi connectivity index (χ1v) is 6.64. The fourth-order valence-corrected chi connectivity index (χ4v) is 1.48. The molecule has 5 nitrogen and oxygen atoms in total. The summed E-state index contributed by atoms with van der Waals surface area (Å²) >= 11 is 0. The molecule has 0 unspecified atom stereocenters. The maximum atomic E-state index is 11.7. The maximum absolute atomic E-state index is 11.7. The minimum atomic E-state index is -0.0399. The number of carbonyl (C=O) groups is 1. The van der Waals surface area contributed by atoms with Crippen LogP contribution in [-0.2, 0) is 4.74 Å². The van der Waals surface area contributed by atoms with Crippen LogP contribution in [0.5, 0.6) is 0 Å². The van der Waals surface area contributed by atoms with Crippen molar-refractivity contribution in [1.82, 2.24) is 9.88 Å². The Morgan fingerprint density at radius 3 is 2.74 bits per heavy atom. The summed E-state index contributed by atoms with van der Waals surface area (Å²) in [6, 6.07) is 3.58. The van der Waals surface area contributed by atoms with Crippen molar-refractivity contribution >= 4 is 11.7 Å². The van der Waals surface area contributed by atoms with E-state index in [2.05, 4.69) is 17.2 Å². The molecule has 19 heavy (non-hydrogen) atoms. The number of rotatable bonds is 8. The third kappa shape index (κ3) is 5.70. The van der Waals surface area contributed by atoms with Gasteiger partial charge in [0.1, 0.15) is 5.82 Å². The van der Waals surface area contributed by atoms with Crippen molar-refractivity contribution in [2.45, 2.75) is 19.8 Å². The van der Waals surface area contributed by atoms with Gasteiger partial charge in [0, 0.05) is 33.4 Å². The van der Waals surface area contributed by atoms with E-state index in [1.54, 1.807) is 26.4 Å². The minimum absolute atomic E-state index is 0.0399. The van der Waals surface area contributed by atoms with E-state index in [4.69, 9.17) is 4.74 Å². The number of aromatic nitrogens is 1. The number of pyridine rings is 1. The van der Waals surface area contributed by atoms with Crippen LogP contribution in [0.25, 0.3) is 0 Å². The molecular formula is C14H23N3O2. The predicted octanol–water partition coefficient (Wildman–Crippen LogP) is 2.01. The standard InChI is InChI=1S/C14H23N3O2/c1-4-5-9-19-10-8-15-13-7-6-12(11-16-13)14(18)17(2)3/h6-7,11H,4-5,8-10H2,1-3H3,(H,15,16). The zero-order valence-corrected chi connectivity index (χ0v) is 12.0. The van der Waals surface area contributed by atoms with Crippen LogP contribution in [0, 0.1) is 0 Å². The summed E-state index contributed by atoms with van der Waals surface area (Å²) in [6.07, 6.45) is 3.83. The van der Waals surface area contributed by atoms with Gasteiger partial charge in [-0.3, -0.25) is 4.79 Å². The van der Waals surface area contributed by atoms with E-state index in [0.717, 1.165) is 31.8 Å². The van der Waals surface area contributed by atoms with Crippen LogP contribution in [0.2, 0.25) is 0 Å². The molecule has 0 bridgehead atoms. The van der Waals surface area contributed by atoms with Crippen molar-refractivity contribution < 1.29 is 9.53 Å². The van der Waals surface area contributed by atoms with Crippen LogP contribution >= 0.6 is 0 Å². The molecule has 0 radical (unpaired) electrons. The van der Waals surface area contributed by atoms with Gasteiger partial charge < -0.3 is 15.0 Å². The van der Waals surface area contributed by atoms with E-state index in [1.165, 1.54) is 4.90 Å². The second-order valence-corrected chi connectivity index (χ2v) is 4.52. The SMILES string of the molecule is CCCCOCCNc1ccc(C(=O)N(C)C)cn1. The Kier molecular flexibility index (Phi) is 6.89. The molecule has 1 aromatic heterocycles. The van der Waals surface area contributed by atoms with E-state index in [-0.39, 0.29) is 5.91 Å². The van der Waals surface area contributed by atoms with Crippen molar-refractivity contribution in [3.63, 3.8) is 0 Å². The number of hydrogen-bond acceptors (Lipinski definition) is 4. The molecule has 1 amide bonds. The molecular weight excluding hydrogens is 242 g/mol. The van der Waals surface area contributed by atoms with Gasteiger partial charge in [-0.05, 0) is 18.6 Å². The fraction of sp³-hybridized carbons (Fsp3) is 0.571. The Morgan fingerprint density at radius 1 is 1.37 bits per heavy atom. The highest BCUT2D eigenvalue weighted by Gasteiger charge is 2.07. The summed E-state index contributed by atoms with van der Waals surface area (Å²) < 4.78 is 5.44. The lowest BCUT2D eigenvalue weighted by Crippen LogP contribution is -2.21. The average molecular weight is 265 g/mol. The minimum Gasteiger partial charge on any atom is -0.380 e. The van der Waals surface area contributed by atoms with Gasteiger partial charge in [0.2, 0.25) is 0 Å². The third-order valence-electron chi connectivity index (χ3n) is 2.61. The molecule has 1 rings (SSSR count). The molecule has 106 valence electrons. The van der Waals surface area contributed by atoms with Crippen LogP contribution < -0.4 is 5.32 Å². The molecule has 5 heteroatoms. The molecule has 0 atom stereocenters. The summed E-state index contributed by atoms with van der Waals surface area (Å²) in [5.74, 6) is 0.719. The van der Waals surface area contributed by atoms with E-state index in [9.17, 15) is 4.79 Å². The molecule has 0 aliphatic rings. The normalized spacial score (nSPS) is 10.3. The van der Waals surface area contributed by atoms with E-state index < -0.39 is 0 Å². The van der Waals surface area contributed by atoms with Gasteiger partial charge in [0.15, 0.2) is 0 Å². The van der Waals surface area contributed by atoms with Gasteiger partial charge >= 0.3 is 0 Å². The third-order valence-corrected chi connectivity index (χ3v) is 2.61. The molecule has 0 saturated carbocycles. The first-order chi connectivity index (χ1) is 9.15. The van der Waals surface area contributed by atoms with Crippen molar-refractivity contribution in [2.24, 2.45) is 0 Å². The number of hydrogen-bond donors (Lipinski definition) is 1. The van der Waals surface area contributed by atoms with Gasteiger partial charge in [-0.1, -0.05) is 13.3 Å². The highest BCUT2D eigenvalue weighted by Crippen LogP contribution is 2.06. The van der Waals surface area contributed by atoms with Gasteiger partial charge in [0.25, 0.3) is 5.91 Å². The molecule has 0 fully saturated rings. The van der Waals surface area contributed by atoms with E-state index in [1.807, 2.05) is 6.07 Å². The number of nitrogens with zero attached hydrogens (tertiary/aromatic N) is 2. The number of anilines is 1. The molecule has 0 spiro atoms. The second-order valence-electron chi connectivity index (χ2n) is 4.52. The summed E-state index contributed by atoms with van der Waals surface area (Å²) in [6.45, 7) is 4.34. The number of ether oxygens (including phenoxy) is 1. The zero-order chi connectivity index (χ0) is 14.1. The summed E-state index contributed by atoms with van der Waals surface area (Å²) in [7, 11) is 3.45. The smallest absolute Gasteiger partial charge is 0.254 e. The van der Waals surface area contributed by atoms with Gasteiger partial charge in [-0.25, -0.2) is 4.98 Å². The Hall–Kier alpha value is -1.62. The Balaban J connectivity index is 2.30. The lowest BCUT2D eigenvalue weighted by atomic mass is 10.2. The summed E-state index contributed by atoms with van der Waals surface area (Å²) in [5.41, 5.74) is 0.592. The summed E-state index contributed by atoms with van der Waals surface area (Å²) in [4.78, 5) is 17.4. The van der Waals surface area contributed by atoms with E-state index in [0.29, 0.717) is 12.2 Å². The quantitative estimate of drug-likeness (QED) is 0.731. The lowest BCUT2D eigenvalue weighted by Gasteiger charge is -2.10. The van der Waals surface area contributed by atoms with Crippen molar-refractivity contribution in [3.8, 4) is 0 Å². The number of nitrogens with one attached hydrogen (secondary N) is 1. The first kappa shape index (κ1) is 15.4. The predicted molar refractivity (Wildman–Crippen MR) is 76.5 cm³/mol. The second kappa shape index (κ2) is 8.48. The van der Waals surface area contributed by atoms with Crippen LogP contribution in [0.15, 0.2) is 18.3 Å². The Bertz CT molecular complexity index is 377. The van der Waals surface area contributed by atoms with Crippen molar-refractivity contribution in [2.75, 3.05) is 39.2 Å². The summed E-state index contributed by atoms with van der Waals surface area (Å²) in [5, 5.41) is 3.16. The number of unbranched alkanes of at least 4 members (excludes halogenated alkanes) is 1. The van der Waals surface area contributed by atoms with Gasteiger partial charge in [0.05, 0.1) is 12.2 Å². The highest BCUT2D eigenvalue weighted by atomic mass is 16.5. The topological polar surface area (TPSA) is 54.5 Å². The molecule has 0 aliphatic heterocycles. The molecule has 0 saturated heterocycles. The molecule has 0 aliphatic carbocycles. The zero-order valence-electron chi connectivity index (χ0n) is 12.0. The largest absolute Gasteiger partial charge is 0.380 e. The highest BCUT2D eigenvalue weighted by molar-refractivity contribution is 5.93. The Morgan fingerprint density at radius 2 is 2.16 bits per heavy atom. The lowest BCUT2D eigenvalue weighted by molar-refractivity contribution is 0.0827. The Labute approximate surface area is 115 Å². The van der Waals surface area contributed by atoms with Crippen molar-refractivity contribution in [1.29, 1.82) is 0 Å². The number of carbonyl (C=O) groups excluding carboxylic acids is 1. The molecule has 0 aromatic carbocycles. The first-order valence-electron chi connectivity index (χ1n) is 6.64. The maximum Gasteiger partial charge on any atom is 0.254 e. The van der Waals surface area contributed by atoms with E-state index >= 15 is 0 Å². The average Bonchev–Trinajstić information content (AvgIpc) is 2.42. The van der Waals surface area contributed by atoms with Crippen LogP contribution in [-0.4, -0.2) is 49.6 Å². The molecule has 1 heterocycles. The fourth-order valence-electron chi connectivity index (χ4n) is 1.48. The number of amides is 1. The molecule has 1 N–H and O–H groups in total. The van der Waals surface area contributed by atoms with Crippen molar-refractivity contribution in [3.05, 3.63) is 23.9 Å². The van der Waals surface area contributed by atoms with Crippen LogP contribution in [0.1, 0.15) is 30.1 Å². The van der Waals surface area contributed by atoms with Gasteiger partial charge in [-0.2, -0.15) is 0 Å². The van der Waals surface area contributed by atoms with Gasteiger partial charge in [-0.15, -0.1) is 0 Å². The molecule has 1 aromatic rings.